The van der Waals surface area contributed by atoms with Gasteiger partial charge in [-0.05, 0) is 4.92 Å². The molecule has 0 bridgehead atoms. The molecule has 1 rings (SSSR count). The summed E-state index contributed by atoms with van der Waals surface area (Å²) in [4.78, 5) is 24.6. The molecule has 1 atom stereocenters. The Balaban J connectivity index is 2.75. The highest BCUT2D eigenvalue weighted by Gasteiger charge is 2.29. The Labute approximate surface area is 140 Å². The SMILES string of the molecule is CNN(/C=C(\N)CN1CN(C)C=C1[N+](=O)[O-])C(CO)COC(C)=O. The molecule has 0 spiro atoms. The van der Waals surface area contributed by atoms with Crippen LogP contribution < -0.4 is 11.2 Å². The van der Waals surface area contributed by atoms with Crippen molar-refractivity contribution in [1.29, 1.82) is 0 Å². The Morgan fingerprint density at radius 3 is 2.88 bits per heavy atom. The van der Waals surface area contributed by atoms with E-state index in [4.69, 9.17) is 10.5 Å². The number of nitrogens with two attached hydrogens (primary N) is 1. The molecule has 0 aromatic carbocycles. The molecule has 1 aliphatic rings. The maximum absolute atomic E-state index is 11.0. The summed E-state index contributed by atoms with van der Waals surface area (Å²) in [5, 5.41) is 21.9. The number of hydrogen-bond acceptors (Lipinski definition) is 10. The van der Waals surface area contributed by atoms with Gasteiger partial charge in [-0.3, -0.25) is 4.79 Å². The van der Waals surface area contributed by atoms with Crippen molar-refractivity contribution in [2.24, 2.45) is 5.73 Å². The highest BCUT2D eigenvalue weighted by molar-refractivity contribution is 5.65. The molecule has 0 aromatic rings. The number of carbonyl (C=O) groups excluding carboxylic acids is 1. The van der Waals surface area contributed by atoms with Crippen molar-refractivity contribution in [1.82, 2.24) is 20.2 Å². The average molecular weight is 344 g/mol. The van der Waals surface area contributed by atoms with E-state index in [1.165, 1.54) is 29.2 Å². The van der Waals surface area contributed by atoms with Gasteiger partial charge in [-0.15, -0.1) is 0 Å². The fraction of sp³-hybridized carbons (Fsp3) is 0.615. The van der Waals surface area contributed by atoms with Gasteiger partial charge in [0.2, 0.25) is 0 Å². The van der Waals surface area contributed by atoms with Crippen LogP contribution in [0.3, 0.4) is 0 Å². The smallest absolute Gasteiger partial charge is 0.336 e. The fourth-order valence-corrected chi connectivity index (χ4v) is 2.18. The second-order valence-corrected chi connectivity index (χ2v) is 5.31. The zero-order chi connectivity index (χ0) is 18.3. The lowest BCUT2D eigenvalue weighted by Gasteiger charge is -2.28. The van der Waals surface area contributed by atoms with Gasteiger partial charge in [-0.25, -0.2) is 10.3 Å². The van der Waals surface area contributed by atoms with Crippen LogP contribution in [-0.4, -0.2) is 77.4 Å². The van der Waals surface area contributed by atoms with Gasteiger partial charge < -0.3 is 35.6 Å². The zero-order valence-electron chi connectivity index (χ0n) is 14.0. The number of nitrogens with one attached hydrogen (secondary N) is 1. The first-order chi connectivity index (χ1) is 11.3. The number of nitrogens with zero attached hydrogens (tertiary/aromatic N) is 4. The first-order valence-electron chi connectivity index (χ1n) is 7.26. The molecule has 0 aromatic heterocycles. The monoisotopic (exact) mass is 344 g/mol. The van der Waals surface area contributed by atoms with Crippen LogP contribution in [0.1, 0.15) is 6.92 Å². The third kappa shape index (κ3) is 5.59. The molecule has 0 amide bonds. The number of nitro groups is 1. The number of aliphatic hydroxyl groups is 1. The van der Waals surface area contributed by atoms with Crippen molar-refractivity contribution < 1.29 is 19.6 Å². The van der Waals surface area contributed by atoms with Crippen LogP contribution in [0.15, 0.2) is 23.9 Å². The van der Waals surface area contributed by atoms with Crippen molar-refractivity contribution in [2.45, 2.75) is 13.0 Å². The summed E-state index contributed by atoms with van der Waals surface area (Å²) in [6.07, 6.45) is 2.95. The highest BCUT2D eigenvalue weighted by atomic mass is 16.6. The number of ether oxygens (including phenoxy) is 1. The van der Waals surface area contributed by atoms with Gasteiger partial charge in [0.25, 0.3) is 0 Å². The fourth-order valence-electron chi connectivity index (χ4n) is 2.18. The van der Waals surface area contributed by atoms with Crippen molar-refractivity contribution >= 4 is 5.97 Å². The molecular weight excluding hydrogens is 320 g/mol. The summed E-state index contributed by atoms with van der Waals surface area (Å²) >= 11 is 0. The Bertz CT molecular complexity index is 523. The van der Waals surface area contributed by atoms with E-state index in [1.54, 1.807) is 19.0 Å². The summed E-state index contributed by atoms with van der Waals surface area (Å²) in [6.45, 7) is 1.47. The molecule has 1 unspecified atom stereocenters. The molecule has 11 heteroatoms. The molecular formula is C13H24N6O5. The van der Waals surface area contributed by atoms with Crippen LogP contribution >= 0.6 is 0 Å². The Morgan fingerprint density at radius 1 is 1.71 bits per heavy atom. The van der Waals surface area contributed by atoms with E-state index < -0.39 is 16.9 Å². The first-order valence-corrected chi connectivity index (χ1v) is 7.26. The van der Waals surface area contributed by atoms with Gasteiger partial charge in [0.1, 0.15) is 19.2 Å². The summed E-state index contributed by atoms with van der Waals surface area (Å²) in [7, 11) is 3.34. The third-order valence-corrected chi connectivity index (χ3v) is 3.26. The lowest BCUT2D eigenvalue weighted by molar-refractivity contribution is -0.444. The van der Waals surface area contributed by atoms with Crippen LogP contribution in [0, 0.1) is 10.1 Å². The molecule has 0 saturated heterocycles. The van der Waals surface area contributed by atoms with Crippen molar-refractivity contribution in [2.75, 3.05) is 40.5 Å². The van der Waals surface area contributed by atoms with Gasteiger partial charge in [0.05, 0.1) is 18.5 Å². The minimum atomic E-state index is -0.538. The molecule has 11 nitrogen and oxygen atoms in total. The van der Waals surface area contributed by atoms with Gasteiger partial charge >= 0.3 is 11.8 Å². The number of hydrazine groups is 1. The number of aliphatic hydroxyl groups excluding tert-OH is 1. The van der Waals surface area contributed by atoms with E-state index in [0.29, 0.717) is 12.4 Å². The highest BCUT2D eigenvalue weighted by Crippen LogP contribution is 2.15. The number of hydrogen-bond donors (Lipinski definition) is 3. The molecule has 4 N–H and O–H groups in total. The summed E-state index contributed by atoms with van der Waals surface area (Å²) < 4.78 is 4.89. The van der Waals surface area contributed by atoms with Crippen LogP contribution in [0.2, 0.25) is 0 Å². The normalized spacial score (nSPS) is 16.0. The van der Waals surface area contributed by atoms with E-state index in [0.717, 1.165) is 0 Å². The molecule has 136 valence electrons. The molecule has 0 fully saturated rings. The summed E-state index contributed by atoms with van der Waals surface area (Å²) in [5.41, 5.74) is 9.13. The van der Waals surface area contributed by atoms with Crippen LogP contribution in [-0.2, 0) is 9.53 Å². The number of rotatable bonds is 9. The quantitative estimate of drug-likeness (QED) is 0.255. The van der Waals surface area contributed by atoms with Crippen molar-refractivity contribution in [3.8, 4) is 0 Å². The Kier molecular flexibility index (Phi) is 7.27. The van der Waals surface area contributed by atoms with Crippen LogP contribution in [0.25, 0.3) is 0 Å². The topological polar surface area (TPSA) is 137 Å². The predicted octanol–water partition coefficient (Wildman–Crippen LogP) is -1.57. The molecule has 0 radical (unpaired) electrons. The number of esters is 1. The van der Waals surface area contributed by atoms with Gasteiger partial charge in [0, 0.05) is 27.2 Å². The van der Waals surface area contributed by atoms with Crippen molar-refractivity contribution in [3.63, 3.8) is 0 Å². The van der Waals surface area contributed by atoms with E-state index in [2.05, 4.69) is 5.43 Å². The Morgan fingerprint density at radius 2 is 2.38 bits per heavy atom. The van der Waals surface area contributed by atoms with E-state index in [1.807, 2.05) is 0 Å². The minimum absolute atomic E-state index is 0.0248. The van der Waals surface area contributed by atoms with Crippen LogP contribution in [0.4, 0.5) is 0 Å². The van der Waals surface area contributed by atoms with E-state index in [-0.39, 0.29) is 25.6 Å². The molecule has 1 heterocycles. The van der Waals surface area contributed by atoms with Gasteiger partial charge in [0.15, 0.2) is 6.67 Å². The lowest BCUT2D eigenvalue weighted by atomic mass is 10.3. The zero-order valence-corrected chi connectivity index (χ0v) is 14.0. The summed E-state index contributed by atoms with van der Waals surface area (Å²) in [6, 6.07) is -0.538. The largest absolute Gasteiger partial charge is 0.464 e. The van der Waals surface area contributed by atoms with E-state index >= 15 is 0 Å². The summed E-state index contributed by atoms with van der Waals surface area (Å²) in [5.74, 6) is -0.495. The minimum Gasteiger partial charge on any atom is -0.464 e. The second-order valence-electron chi connectivity index (χ2n) is 5.31. The molecule has 1 aliphatic heterocycles. The molecule has 24 heavy (non-hydrogen) atoms. The third-order valence-electron chi connectivity index (χ3n) is 3.26. The first kappa shape index (κ1) is 19.5. The van der Waals surface area contributed by atoms with Gasteiger partial charge in [-0.1, -0.05) is 0 Å². The van der Waals surface area contributed by atoms with Gasteiger partial charge in [-0.2, -0.15) is 0 Å². The van der Waals surface area contributed by atoms with Crippen LogP contribution in [0.5, 0.6) is 0 Å². The van der Waals surface area contributed by atoms with E-state index in [9.17, 15) is 20.0 Å². The Hall–Kier alpha value is -2.53. The molecule has 0 aliphatic carbocycles. The molecule has 0 saturated carbocycles. The maximum Gasteiger partial charge on any atom is 0.336 e. The average Bonchev–Trinajstić information content (AvgIpc) is 2.86. The predicted molar refractivity (Wildman–Crippen MR) is 85.1 cm³/mol. The number of carbonyl (C=O) groups is 1. The maximum atomic E-state index is 11.0. The standard InChI is InChI=1S/C13H24N6O5/c1-10(21)24-8-12(7-20)18(15-2)5-11(14)4-17-9-16(3)6-13(17)19(22)23/h5-6,12,15,20H,4,7-9,14H2,1-3H3/b11-5-. The second kappa shape index (κ2) is 8.93. The van der Waals surface area contributed by atoms with Crippen molar-refractivity contribution in [3.05, 3.63) is 34.0 Å². The lowest BCUT2D eigenvalue weighted by Crippen LogP contribution is -2.46.